The molecular weight excluding hydrogens is 328 g/mol. The van der Waals surface area contributed by atoms with Gasteiger partial charge in [-0.15, -0.1) is 0 Å². The normalized spacial score (nSPS) is 10.5. The number of hydrogen-bond donors (Lipinski definition) is 1. The number of amides is 1. The van der Waals surface area contributed by atoms with Gasteiger partial charge in [-0.3, -0.25) is 9.48 Å². The number of aromatic nitrogens is 3. The first-order valence-electron chi connectivity index (χ1n) is 7.18. The van der Waals surface area contributed by atoms with Crippen LogP contribution in [0.15, 0.2) is 48.7 Å². The van der Waals surface area contributed by atoms with E-state index in [1.165, 1.54) is 18.0 Å². The molecule has 0 bridgehead atoms. The second-order valence-electron chi connectivity index (χ2n) is 5.09. The Morgan fingerprint density at radius 1 is 1.21 bits per heavy atom. The van der Waals surface area contributed by atoms with Gasteiger partial charge in [0.2, 0.25) is 5.88 Å². The van der Waals surface area contributed by atoms with Crippen LogP contribution in [0, 0.1) is 0 Å². The molecule has 3 aromatic rings. The van der Waals surface area contributed by atoms with Gasteiger partial charge >= 0.3 is 0 Å². The van der Waals surface area contributed by atoms with Gasteiger partial charge in [0.1, 0.15) is 5.69 Å². The number of anilines is 1. The van der Waals surface area contributed by atoms with Crippen molar-refractivity contribution in [3.63, 3.8) is 0 Å². The second kappa shape index (κ2) is 6.72. The Hall–Kier alpha value is -2.86. The van der Waals surface area contributed by atoms with Gasteiger partial charge in [-0.05, 0) is 24.3 Å². The van der Waals surface area contributed by atoms with Gasteiger partial charge in [0.05, 0.1) is 24.7 Å². The first kappa shape index (κ1) is 16.0. The van der Waals surface area contributed by atoms with E-state index in [2.05, 4.69) is 15.4 Å². The molecule has 3 rings (SSSR count). The van der Waals surface area contributed by atoms with E-state index in [0.717, 1.165) is 5.56 Å². The van der Waals surface area contributed by atoms with Gasteiger partial charge < -0.3 is 10.1 Å². The molecular formula is C17H15ClN4O2. The first-order chi connectivity index (χ1) is 11.6. The van der Waals surface area contributed by atoms with Crippen molar-refractivity contribution >= 4 is 23.2 Å². The monoisotopic (exact) mass is 342 g/mol. The predicted molar refractivity (Wildman–Crippen MR) is 92.4 cm³/mol. The Morgan fingerprint density at radius 3 is 2.58 bits per heavy atom. The molecule has 0 unspecified atom stereocenters. The third kappa shape index (κ3) is 3.38. The topological polar surface area (TPSA) is 69.0 Å². The molecule has 2 heterocycles. The zero-order valence-corrected chi connectivity index (χ0v) is 13.9. The molecule has 1 N–H and O–H groups in total. The van der Waals surface area contributed by atoms with Crippen LogP contribution in [0.1, 0.15) is 10.5 Å². The molecule has 6 nitrogen and oxygen atoms in total. The van der Waals surface area contributed by atoms with Crippen molar-refractivity contribution < 1.29 is 9.53 Å². The molecule has 122 valence electrons. The zero-order chi connectivity index (χ0) is 17.1. The quantitative estimate of drug-likeness (QED) is 0.789. The summed E-state index contributed by atoms with van der Waals surface area (Å²) in [5, 5.41) is 7.82. The minimum Gasteiger partial charge on any atom is -0.481 e. The van der Waals surface area contributed by atoms with Crippen molar-refractivity contribution in [2.75, 3.05) is 12.4 Å². The Bertz CT molecular complexity index is 857. The molecule has 0 saturated heterocycles. The summed E-state index contributed by atoms with van der Waals surface area (Å²) >= 11 is 5.89. The summed E-state index contributed by atoms with van der Waals surface area (Å²) in [5.41, 5.74) is 2.61. The Balaban J connectivity index is 1.81. The Labute approximate surface area is 144 Å². The van der Waals surface area contributed by atoms with Crippen LogP contribution < -0.4 is 10.1 Å². The molecule has 0 aliphatic rings. The van der Waals surface area contributed by atoms with Crippen molar-refractivity contribution in [1.29, 1.82) is 0 Å². The highest BCUT2D eigenvalue weighted by Gasteiger charge is 2.14. The maximum atomic E-state index is 12.4. The van der Waals surface area contributed by atoms with Crippen LogP contribution in [0.25, 0.3) is 11.3 Å². The maximum absolute atomic E-state index is 12.4. The summed E-state index contributed by atoms with van der Waals surface area (Å²) in [7, 11) is 3.26. The van der Waals surface area contributed by atoms with E-state index in [1.807, 2.05) is 12.1 Å². The number of hydrogen-bond acceptors (Lipinski definition) is 4. The lowest BCUT2D eigenvalue weighted by Gasteiger charge is -2.05. The standard InChI is InChI=1S/C17H15ClN4O2/c1-22-15(9-14(21-22)11-3-5-12(18)6-4-11)17(23)20-13-7-8-16(24-2)19-10-13/h3-10H,1-2H3,(H,20,23). The number of pyridine rings is 1. The van der Waals surface area contributed by atoms with Crippen LogP contribution in [0.5, 0.6) is 5.88 Å². The summed E-state index contributed by atoms with van der Waals surface area (Å²) in [6.07, 6.45) is 1.53. The van der Waals surface area contributed by atoms with Gasteiger partial charge in [0, 0.05) is 23.7 Å². The van der Waals surface area contributed by atoms with Crippen LogP contribution in [-0.4, -0.2) is 27.8 Å². The average Bonchev–Trinajstić information content (AvgIpc) is 2.98. The van der Waals surface area contributed by atoms with E-state index in [4.69, 9.17) is 16.3 Å². The minimum absolute atomic E-state index is 0.266. The SMILES string of the molecule is COc1ccc(NC(=O)c2cc(-c3ccc(Cl)cc3)nn2C)cn1. The number of carbonyl (C=O) groups excluding carboxylic acids is 1. The molecule has 7 heteroatoms. The van der Waals surface area contributed by atoms with Crippen molar-refractivity contribution in [2.24, 2.45) is 7.05 Å². The molecule has 0 radical (unpaired) electrons. The van der Waals surface area contributed by atoms with Crippen LogP contribution in [0.4, 0.5) is 5.69 Å². The van der Waals surface area contributed by atoms with Crippen molar-refractivity contribution in [3.8, 4) is 17.1 Å². The summed E-state index contributed by atoms with van der Waals surface area (Å²) in [5.74, 6) is 0.218. The highest BCUT2D eigenvalue weighted by molar-refractivity contribution is 6.30. The molecule has 1 aromatic carbocycles. The third-order valence-corrected chi connectivity index (χ3v) is 3.71. The van der Waals surface area contributed by atoms with Crippen LogP contribution in [0.3, 0.4) is 0 Å². The number of carbonyl (C=O) groups is 1. The molecule has 0 spiro atoms. The van der Waals surface area contributed by atoms with Crippen molar-refractivity contribution in [1.82, 2.24) is 14.8 Å². The van der Waals surface area contributed by atoms with E-state index in [9.17, 15) is 4.79 Å². The summed E-state index contributed by atoms with van der Waals surface area (Å²) in [4.78, 5) is 16.5. The van der Waals surface area contributed by atoms with E-state index < -0.39 is 0 Å². The number of methoxy groups -OCH3 is 1. The molecule has 0 aliphatic carbocycles. The molecule has 0 aliphatic heterocycles. The van der Waals surface area contributed by atoms with Crippen LogP contribution in [0.2, 0.25) is 5.02 Å². The molecule has 0 saturated carbocycles. The highest BCUT2D eigenvalue weighted by atomic mass is 35.5. The zero-order valence-electron chi connectivity index (χ0n) is 13.2. The average molecular weight is 343 g/mol. The van der Waals surface area contributed by atoms with Gasteiger partial charge in [0.15, 0.2) is 0 Å². The fraction of sp³-hybridized carbons (Fsp3) is 0.118. The van der Waals surface area contributed by atoms with Gasteiger partial charge in [-0.2, -0.15) is 5.10 Å². The van der Waals surface area contributed by atoms with Gasteiger partial charge in [-0.1, -0.05) is 23.7 Å². The lowest BCUT2D eigenvalue weighted by molar-refractivity contribution is 0.101. The molecule has 1 amide bonds. The third-order valence-electron chi connectivity index (χ3n) is 3.46. The summed E-state index contributed by atoms with van der Waals surface area (Å²) < 4.78 is 6.53. The Kier molecular flexibility index (Phi) is 4.48. The van der Waals surface area contributed by atoms with E-state index >= 15 is 0 Å². The van der Waals surface area contributed by atoms with E-state index in [1.54, 1.807) is 37.4 Å². The number of rotatable bonds is 4. The molecule has 0 fully saturated rings. The number of benzene rings is 1. The number of ether oxygens (including phenoxy) is 1. The van der Waals surface area contributed by atoms with Crippen molar-refractivity contribution in [3.05, 3.63) is 59.4 Å². The number of aryl methyl sites for hydroxylation is 1. The lowest BCUT2D eigenvalue weighted by atomic mass is 10.1. The number of nitrogens with one attached hydrogen (secondary N) is 1. The van der Waals surface area contributed by atoms with Crippen LogP contribution >= 0.6 is 11.6 Å². The smallest absolute Gasteiger partial charge is 0.273 e. The van der Waals surface area contributed by atoms with Crippen LogP contribution in [-0.2, 0) is 7.05 Å². The largest absolute Gasteiger partial charge is 0.481 e. The first-order valence-corrected chi connectivity index (χ1v) is 7.56. The maximum Gasteiger partial charge on any atom is 0.273 e. The summed E-state index contributed by atoms with van der Waals surface area (Å²) in [6.45, 7) is 0. The van der Waals surface area contributed by atoms with E-state index in [-0.39, 0.29) is 5.91 Å². The molecule has 24 heavy (non-hydrogen) atoms. The van der Waals surface area contributed by atoms with Gasteiger partial charge in [-0.25, -0.2) is 4.98 Å². The predicted octanol–water partition coefficient (Wildman–Crippen LogP) is 3.40. The minimum atomic E-state index is -0.266. The number of nitrogens with zero attached hydrogens (tertiary/aromatic N) is 3. The fourth-order valence-electron chi connectivity index (χ4n) is 2.21. The van der Waals surface area contributed by atoms with E-state index in [0.29, 0.717) is 28.0 Å². The second-order valence-corrected chi connectivity index (χ2v) is 5.53. The van der Waals surface area contributed by atoms with Gasteiger partial charge in [0.25, 0.3) is 5.91 Å². The summed E-state index contributed by atoms with van der Waals surface area (Å²) in [6, 6.07) is 12.4. The fourth-order valence-corrected chi connectivity index (χ4v) is 2.34. The molecule has 2 aromatic heterocycles. The van der Waals surface area contributed by atoms with Crippen molar-refractivity contribution in [2.45, 2.75) is 0 Å². The number of halogens is 1. The highest BCUT2D eigenvalue weighted by Crippen LogP contribution is 2.21. The Morgan fingerprint density at radius 2 is 1.96 bits per heavy atom. The molecule has 0 atom stereocenters. The lowest BCUT2D eigenvalue weighted by Crippen LogP contribution is -2.16.